The van der Waals surface area contributed by atoms with Gasteiger partial charge in [-0.15, -0.1) is 10.2 Å². The molecule has 4 atom stereocenters. The van der Waals surface area contributed by atoms with Crippen molar-refractivity contribution in [1.29, 1.82) is 0 Å². The van der Waals surface area contributed by atoms with Gasteiger partial charge in [-0.2, -0.15) is 0 Å². The lowest BCUT2D eigenvalue weighted by Crippen LogP contribution is -2.44. The largest absolute Gasteiger partial charge is 0.336 e. The topological polar surface area (TPSA) is 63.2 Å². The van der Waals surface area contributed by atoms with Crippen LogP contribution in [0, 0.1) is 11.8 Å². The fourth-order valence-electron chi connectivity index (χ4n) is 5.47. The Morgan fingerprint density at radius 1 is 0.857 bits per heavy atom. The summed E-state index contributed by atoms with van der Waals surface area (Å²) >= 11 is 0. The number of hydrogen-bond donors (Lipinski definition) is 1. The van der Waals surface area contributed by atoms with E-state index in [2.05, 4.69) is 47.7 Å². The van der Waals surface area contributed by atoms with E-state index in [0.29, 0.717) is 12.1 Å². The summed E-state index contributed by atoms with van der Waals surface area (Å²) in [6.07, 6.45) is 9.45. The maximum Gasteiger partial charge on any atom is 0.151 e. The summed E-state index contributed by atoms with van der Waals surface area (Å²) in [5.74, 6) is 9.82. The molecule has 0 saturated carbocycles. The Kier molecular flexibility index (Phi) is 7.75. The summed E-state index contributed by atoms with van der Waals surface area (Å²) in [7, 11) is 0. The molecular weight excluding hydrogens is 348 g/mol. The molecule has 2 aliphatic rings. The quantitative estimate of drug-likeness (QED) is 0.691. The summed E-state index contributed by atoms with van der Waals surface area (Å²) in [4.78, 5) is 5.26. The van der Waals surface area contributed by atoms with Gasteiger partial charge in [0.2, 0.25) is 0 Å². The highest BCUT2D eigenvalue weighted by molar-refractivity contribution is 4.97. The Morgan fingerprint density at radius 2 is 1.39 bits per heavy atom. The van der Waals surface area contributed by atoms with Gasteiger partial charge in [0.05, 0.1) is 0 Å². The van der Waals surface area contributed by atoms with Gasteiger partial charge >= 0.3 is 0 Å². The van der Waals surface area contributed by atoms with Crippen LogP contribution in [0.1, 0.15) is 77.9 Å². The van der Waals surface area contributed by atoms with Crippen LogP contribution in [-0.2, 0) is 12.8 Å². The van der Waals surface area contributed by atoms with Crippen molar-refractivity contribution in [2.75, 3.05) is 32.0 Å². The van der Waals surface area contributed by atoms with Crippen LogP contribution in [-0.4, -0.2) is 62.9 Å². The van der Waals surface area contributed by atoms with E-state index in [4.69, 9.17) is 5.84 Å². The van der Waals surface area contributed by atoms with Gasteiger partial charge in [-0.05, 0) is 70.9 Å². The molecule has 1 aromatic heterocycles. The Morgan fingerprint density at radius 3 is 1.96 bits per heavy atom. The number of nitrogens with two attached hydrogens (primary N) is 1. The molecule has 0 aromatic carbocycles. The number of nitrogen functional groups attached to an aromatic ring is 1. The second-order valence-corrected chi connectivity index (χ2v) is 9.68. The zero-order valence-corrected chi connectivity index (χ0v) is 18.6. The monoisotopic (exact) mass is 390 g/mol. The van der Waals surface area contributed by atoms with Crippen molar-refractivity contribution in [1.82, 2.24) is 24.7 Å². The first-order valence-electron chi connectivity index (χ1n) is 11.6. The molecule has 0 radical (unpaired) electrons. The lowest BCUT2D eigenvalue weighted by molar-refractivity contribution is 0.102. The van der Waals surface area contributed by atoms with Crippen LogP contribution in [0.5, 0.6) is 0 Å². The van der Waals surface area contributed by atoms with Crippen molar-refractivity contribution in [2.24, 2.45) is 11.8 Å². The van der Waals surface area contributed by atoms with Gasteiger partial charge in [-0.25, -0.2) is 4.68 Å². The molecule has 0 unspecified atom stereocenters. The number of rotatable bonds is 8. The molecule has 0 amide bonds. The second kappa shape index (κ2) is 10.1. The molecule has 6 heteroatoms. The fourth-order valence-corrected chi connectivity index (χ4v) is 5.47. The summed E-state index contributed by atoms with van der Waals surface area (Å²) in [6, 6.07) is 1.41. The van der Waals surface area contributed by atoms with Gasteiger partial charge in [0, 0.05) is 38.0 Å². The molecule has 0 aliphatic carbocycles. The van der Waals surface area contributed by atoms with Crippen molar-refractivity contribution in [3.05, 3.63) is 11.6 Å². The van der Waals surface area contributed by atoms with E-state index in [-0.39, 0.29) is 0 Å². The smallest absolute Gasteiger partial charge is 0.151 e. The highest BCUT2D eigenvalue weighted by Crippen LogP contribution is 2.23. The van der Waals surface area contributed by atoms with Gasteiger partial charge in [0.25, 0.3) is 0 Å². The Hall–Kier alpha value is -1.14. The van der Waals surface area contributed by atoms with Gasteiger partial charge in [0.15, 0.2) is 11.6 Å². The molecule has 2 saturated heterocycles. The Labute approximate surface area is 171 Å². The number of piperidine rings is 2. The second-order valence-electron chi connectivity index (χ2n) is 9.68. The predicted molar refractivity (Wildman–Crippen MR) is 116 cm³/mol. The first-order valence-corrected chi connectivity index (χ1v) is 11.6. The molecule has 2 fully saturated rings. The van der Waals surface area contributed by atoms with Crippen LogP contribution in [0.4, 0.5) is 0 Å². The standard InChI is InChI=1S/C22H42N6/c1-17-14-18(2)16-26(15-17)12-6-10-21-24-25-22(28(21)23)11-7-13-27-19(3)8-5-9-20(27)4/h17-20H,5-16,23H2,1-4H3/t17-,18+,19-,20-/m1/s1. The SMILES string of the molecule is C[C@@H]1C[C@H](C)CN(CCCc2nnc(CCCN3[C@H](C)CCC[C@H]3C)n2N)C1. The van der Waals surface area contributed by atoms with E-state index in [1.807, 2.05) is 0 Å². The minimum absolute atomic E-state index is 0.704. The number of nitrogens with zero attached hydrogens (tertiary/aromatic N) is 5. The minimum atomic E-state index is 0.704. The zero-order valence-electron chi connectivity index (χ0n) is 18.6. The fraction of sp³-hybridized carbons (Fsp3) is 0.909. The normalized spacial score (nSPS) is 30.0. The van der Waals surface area contributed by atoms with E-state index < -0.39 is 0 Å². The molecule has 160 valence electrons. The van der Waals surface area contributed by atoms with Crippen LogP contribution in [0.25, 0.3) is 0 Å². The van der Waals surface area contributed by atoms with Gasteiger partial charge < -0.3 is 10.7 Å². The highest BCUT2D eigenvalue weighted by atomic mass is 15.4. The molecular formula is C22H42N6. The Balaban J connectivity index is 1.41. The van der Waals surface area contributed by atoms with Gasteiger partial charge in [0.1, 0.15) is 0 Å². The lowest BCUT2D eigenvalue weighted by atomic mass is 9.92. The first kappa shape index (κ1) is 21.6. The molecule has 3 heterocycles. The van der Waals surface area contributed by atoms with E-state index in [1.54, 1.807) is 4.68 Å². The minimum Gasteiger partial charge on any atom is -0.336 e. The third-order valence-electron chi connectivity index (χ3n) is 6.85. The van der Waals surface area contributed by atoms with Crippen molar-refractivity contribution >= 4 is 0 Å². The first-order chi connectivity index (χ1) is 13.4. The number of likely N-dealkylation sites (tertiary alicyclic amines) is 2. The maximum atomic E-state index is 6.30. The molecule has 0 bridgehead atoms. The zero-order chi connectivity index (χ0) is 20.1. The molecule has 0 spiro atoms. The van der Waals surface area contributed by atoms with Crippen molar-refractivity contribution in [3.8, 4) is 0 Å². The van der Waals surface area contributed by atoms with Crippen LogP contribution in [0.3, 0.4) is 0 Å². The lowest BCUT2D eigenvalue weighted by Gasteiger charge is -2.39. The molecule has 1 aromatic rings. The molecule has 2 N–H and O–H groups in total. The van der Waals surface area contributed by atoms with Crippen molar-refractivity contribution in [2.45, 2.75) is 91.1 Å². The van der Waals surface area contributed by atoms with Gasteiger partial charge in [-0.3, -0.25) is 4.90 Å². The predicted octanol–water partition coefficient (Wildman–Crippen LogP) is 3.10. The molecule has 3 rings (SSSR count). The van der Waals surface area contributed by atoms with Gasteiger partial charge in [-0.1, -0.05) is 20.3 Å². The third kappa shape index (κ3) is 5.69. The third-order valence-corrected chi connectivity index (χ3v) is 6.85. The van der Waals surface area contributed by atoms with Crippen LogP contribution in [0.2, 0.25) is 0 Å². The highest BCUT2D eigenvalue weighted by Gasteiger charge is 2.24. The van der Waals surface area contributed by atoms with E-state index in [1.165, 1.54) is 38.8 Å². The molecule has 6 nitrogen and oxygen atoms in total. The maximum absolute atomic E-state index is 6.30. The van der Waals surface area contributed by atoms with Crippen LogP contribution in [0.15, 0.2) is 0 Å². The molecule has 28 heavy (non-hydrogen) atoms. The Bertz CT molecular complexity index is 580. The average molecular weight is 391 g/mol. The summed E-state index contributed by atoms with van der Waals surface area (Å²) < 4.78 is 1.75. The number of aromatic nitrogens is 3. The molecule has 2 aliphatic heterocycles. The van der Waals surface area contributed by atoms with Crippen LogP contribution < -0.4 is 5.84 Å². The number of hydrogen-bond acceptors (Lipinski definition) is 5. The van der Waals surface area contributed by atoms with Crippen molar-refractivity contribution < 1.29 is 0 Å². The van der Waals surface area contributed by atoms with E-state index in [0.717, 1.165) is 62.3 Å². The van der Waals surface area contributed by atoms with E-state index in [9.17, 15) is 0 Å². The van der Waals surface area contributed by atoms with Crippen molar-refractivity contribution in [3.63, 3.8) is 0 Å². The summed E-state index contributed by atoms with van der Waals surface area (Å²) in [6.45, 7) is 14.2. The van der Waals surface area contributed by atoms with E-state index >= 15 is 0 Å². The van der Waals surface area contributed by atoms with Crippen LogP contribution >= 0.6 is 0 Å². The average Bonchev–Trinajstić information content (AvgIpc) is 2.97. The summed E-state index contributed by atoms with van der Waals surface area (Å²) in [5.41, 5.74) is 0. The summed E-state index contributed by atoms with van der Waals surface area (Å²) in [5, 5.41) is 8.76. The number of aryl methyl sites for hydroxylation is 2.